The lowest BCUT2D eigenvalue weighted by molar-refractivity contribution is 0.524. The molecule has 4 heteroatoms. The molecular weight excluding hydrogens is 669 g/mol. The topological polar surface area (TPSA) is 50.7 Å². The second-order valence-corrected chi connectivity index (χ2v) is 14.6. The summed E-state index contributed by atoms with van der Waals surface area (Å²) in [5, 5.41) is 6.97. The lowest BCUT2D eigenvalue weighted by Crippen LogP contribution is -2.35. The Bertz CT molecular complexity index is 2830. The van der Waals surface area contributed by atoms with Crippen LogP contribution in [0.15, 0.2) is 176 Å². The van der Waals surface area contributed by atoms with Crippen LogP contribution in [0.25, 0.3) is 83.9 Å². The molecule has 0 saturated carbocycles. The molecular formula is C51H38N4. The largest absolute Gasteiger partial charge is 0.378 e. The average molecular weight is 707 g/mol. The number of dihydropyridines is 1. The van der Waals surface area contributed by atoms with E-state index in [0.717, 1.165) is 62.9 Å². The van der Waals surface area contributed by atoms with Crippen LogP contribution in [0.1, 0.15) is 30.0 Å². The number of hydrogen-bond donors (Lipinski definition) is 1. The van der Waals surface area contributed by atoms with Gasteiger partial charge in [0.2, 0.25) is 0 Å². The minimum atomic E-state index is -0.288. The Morgan fingerprint density at radius 3 is 2.24 bits per heavy atom. The third-order valence-corrected chi connectivity index (χ3v) is 11.1. The fourth-order valence-corrected chi connectivity index (χ4v) is 8.20. The number of hydrogen-bond acceptors (Lipinski definition) is 4. The molecule has 0 radical (unpaired) electrons. The Morgan fingerprint density at radius 1 is 0.618 bits per heavy atom. The SMILES string of the molecule is CC1(c2ccc(-c3nc(-c4ccc(-c5ccccn5)cc4)c4cc(-c5cccc6ccccc56)cc(-c5cccc6c5CCC=C6)c4n3)cc2)C=CC=CN1. The molecule has 1 aliphatic carbocycles. The summed E-state index contributed by atoms with van der Waals surface area (Å²) in [6, 6.07) is 49.9. The molecule has 0 amide bonds. The number of pyridine rings is 1. The summed E-state index contributed by atoms with van der Waals surface area (Å²) in [6.45, 7) is 2.19. The highest BCUT2D eigenvalue weighted by Gasteiger charge is 2.24. The fourth-order valence-electron chi connectivity index (χ4n) is 8.20. The number of fused-ring (bicyclic) bond motifs is 3. The second kappa shape index (κ2) is 13.5. The van der Waals surface area contributed by atoms with Crippen LogP contribution in [-0.2, 0) is 12.0 Å². The van der Waals surface area contributed by atoms with Gasteiger partial charge in [0.15, 0.2) is 5.82 Å². The first kappa shape index (κ1) is 32.7. The van der Waals surface area contributed by atoms with Gasteiger partial charge < -0.3 is 5.32 Å². The van der Waals surface area contributed by atoms with E-state index in [-0.39, 0.29) is 5.54 Å². The van der Waals surface area contributed by atoms with E-state index in [0.29, 0.717) is 5.82 Å². The molecule has 10 rings (SSSR count). The number of allylic oxidation sites excluding steroid dienone is 3. The maximum Gasteiger partial charge on any atom is 0.160 e. The normalized spacial score (nSPS) is 15.9. The third-order valence-electron chi connectivity index (χ3n) is 11.1. The molecule has 2 aliphatic rings. The molecule has 0 fully saturated rings. The van der Waals surface area contributed by atoms with Crippen molar-refractivity contribution < 1.29 is 0 Å². The Balaban J connectivity index is 1.24. The van der Waals surface area contributed by atoms with Crippen molar-refractivity contribution in [2.75, 3.05) is 0 Å². The van der Waals surface area contributed by atoms with Crippen molar-refractivity contribution in [3.05, 3.63) is 193 Å². The third kappa shape index (κ3) is 5.93. The van der Waals surface area contributed by atoms with Gasteiger partial charge in [-0.3, -0.25) is 4.98 Å². The van der Waals surface area contributed by atoms with Crippen LogP contribution in [0.4, 0.5) is 0 Å². The van der Waals surface area contributed by atoms with Crippen molar-refractivity contribution in [3.8, 4) is 56.2 Å². The quantitative estimate of drug-likeness (QED) is 0.187. The summed E-state index contributed by atoms with van der Waals surface area (Å²) in [5.74, 6) is 0.698. The van der Waals surface area contributed by atoms with Crippen LogP contribution >= 0.6 is 0 Å². The molecule has 1 unspecified atom stereocenters. The van der Waals surface area contributed by atoms with Crippen molar-refractivity contribution >= 4 is 27.8 Å². The zero-order chi connectivity index (χ0) is 36.8. The van der Waals surface area contributed by atoms with Crippen molar-refractivity contribution in [3.63, 3.8) is 0 Å². The van der Waals surface area contributed by atoms with Gasteiger partial charge in [0, 0.05) is 33.8 Å². The fraction of sp³-hybridized carbons (Fsp3) is 0.0784. The van der Waals surface area contributed by atoms with Gasteiger partial charge in [-0.15, -0.1) is 0 Å². The van der Waals surface area contributed by atoms with Crippen molar-refractivity contribution in [1.29, 1.82) is 0 Å². The summed E-state index contributed by atoms with van der Waals surface area (Å²) in [5.41, 5.74) is 14.1. The van der Waals surface area contributed by atoms with Gasteiger partial charge in [-0.1, -0.05) is 140 Å². The summed E-state index contributed by atoms with van der Waals surface area (Å²) in [7, 11) is 0. The van der Waals surface area contributed by atoms with E-state index < -0.39 is 0 Å². The molecule has 0 spiro atoms. The Morgan fingerprint density at radius 2 is 1.40 bits per heavy atom. The zero-order valence-electron chi connectivity index (χ0n) is 30.6. The lowest BCUT2D eigenvalue weighted by Gasteiger charge is -2.29. The van der Waals surface area contributed by atoms with Crippen LogP contribution in [0, 0.1) is 0 Å². The standard InChI is InChI=1S/C51H38N4/c1-51(29-7-9-31-53-51)40-27-25-38(26-28-40)50-54-48(37-23-21-36(22-24-37)47-20-6-8-30-52-47)46-33-39(43-18-10-14-34-12-2-4-16-41(34)43)32-45(49(46)55-50)44-19-11-15-35-13-3-5-17-42(35)44/h2-4,6-16,18-33,53H,5,17H2,1H3. The number of nitrogens with zero attached hydrogens (tertiary/aromatic N) is 3. The van der Waals surface area contributed by atoms with Gasteiger partial charge >= 0.3 is 0 Å². The highest BCUT2D eigenvalue weighted by molar-refractivity contribution is 6.07. The molecule has 4 nitrogen and oxygen atoms in total. The summed E-state index contributed by atoms with van der Waals surface area (Å²) >= 11 is 0. The minimum Gasteiger partial charge on any atom is -0.378 e. The molecule has 8 aromatic rings. The molecule has 3 heterocycles. The Labute approximate surface area is 321 Å². The molecule has 0 bridgehead atoms. The molecule has 6 aromatic carbocycles. The summed E-state index contributed by atoms with van der Waals surface area (Å²) in [6.07, 6.45) is 16.7. The van der Waals surface area contributed by atoms with Crippen LogP contribution < -0.4 is 5.32 Å². The van der Waals surface area contributed by atoms with E-state index in [2.05, 4.69) is 163 Å². The van der Waals surface area contributed by atoms with Crippen molar-refractivity contribution in [2.45, 2.75) is 25.3 Å². The van der Waals surface area contributed by atoms with E-state index in [1.165, 1.54) is 38.6 Å². The molecule has 0 saturated heterocycles. The molecule has 1 aliphatic heterocycles. The average Bonchev–Trinajstić information content (AvgIpc) is 3.26. The van der Waals surface area contributed by atoms with Gasteiger partial charge in [0.05, 0.1) is 22.4 Å². The first-order valence-electron chi connectivity index (χ1n) is 19.0. The smallest absolute Gasteiger partial charge is 0.160 e. The Hall–Kier alpha value is -6.91. The lowest BCUT2D eigenvalue weighted by atomic mass is 9.86. The van der Waals surface area contributed by atoms with Gasteiger partial charge in [0.1, 0.15) is 0 Å². The van der Waals surface area contributed by atoms with Gasteiger partial charge in [-0.25, -0.2) is 9.97 Å². The van der Waals surface area contributed by atoms with Crippen LogP contribution in [0.2, 0.25) is 0 Å². The van der Waals surface area contributed by atoms with E-state index in [4.69, 9.17) is 9.97 Å². The first-order valence-corrected chi connectivity index (χ1v) is 19.0. The monoisotopic (exact) mass is 706 g/mol. The number of benzene rings is 6. The zero-order valence-corrected chi connectivity index (χ0v) is 30.6. The van der Waals surface area contributed by atoms with E-state index >= 15 is 0 Å². The van der Waals surface area contributed by atoms with Crippen LogP contribution in [0.3, 0.4) is 0 Å². The van der Waals surface area contributed by atoms with E-state index in [1.54, 1.807) is 0 Å². The van der Waals surface area contributed by atoms with Crippen molar-refractivity contribution in [1.82, 2.24) is 20.3 Å². The number of rotatable bonds is 6. The van der Waals surface area contributed by atoms with Crippen LogP contribution in [-0.4, -0.2) is 15.0 Å². The maximum atomic E-state index is 5.50. The molecule has 55 heavy (non-hydrogen) atoms. The minimum absolute atomic E-state index is 0.288. The highest BCUT2D eigenvalue weighted by Crippen LogP contribution is 2.42. The molecule has 262 valence electrons. The van der Waals surface area contributed by atoms with Gasteiger partial charge in [-0.2, -0.15) is 0 Å². The van der Waals surface area contributed by atoms with Gasteiger partial charge in [0.25, 0.3) is 0 Å². The molecule has 1 N–H and O–H groups in total. The highest BCUT2D eigenvalue weighted by atomic mass is 14.9. The maximum absolute atomic E-state index is 5.50. The number of aromatic nitrogens is 3. The summed E-state index contributed by atoms with van der Waals surface area (Å²) in [4.78, 5) is 15.6. The Kier molecular flexibility index (Phi) is 8.03. The predicted molar refractivity (Wildman–Crippen MR) is 228 cm³/mol. The molecule has 2 aromatic heterocycles. The molecule has 1 atom stereocenters. The second-order valence-electron chi connectivity index (χ2n) is 14.6. The number of nitrogens with one attached hydrogen (secondary N) is 1. The van der Waals surface area contributed by atoms with E-state index in [1.807, 2.05) is 36.7 Å². The van der Waals surface area contributed by atoms with Gasteiger partial charge in [-0.05, 0) is 100 Å². The predicted octanol–water partition coefficient (Wildman–Crippen LogP) is 12.4. The van der Waals surface area contributed by atoms with Crippen LogP contribution in [0.5, 0.6) is 0 Å². The van der Waals surface area contributed by atoms with Crippen molar-refractivity contribution in [2.24, 2.45) is 0 Å². The van der Waals surface area contributed by atoms with E-state index in [9.17, 15) is 0 Å². The first-order chi connectivity index (χ1) is 27.1. The summed E-state index contributed by atoms with van der Waals surface area (Å²) < 4.78 is 0.